The fraction of sp³-hybridized carbons (Fsp3) is 0.400. The Labute approximate surface area is 98.7 Å². The molecule has 2 N–H and O–H groups in total. The summed E-state index contributed by atoms with van der Waals surface area (Å²) in [6.07, 6.45) is 0. The van der Waals surface area contributed by atoms with Crippen LogP contribution in [0.4, 0.5) is 0 Å². The molecule has 0 saturated carbocycles. The first-order valence-electron chi connectivity index (χ1n) is 4.64. The lowest BCUT2D eigenvalue weighted by Crippen LogP contribution is -2.21. The first-order valence-corrected chi connectivity index (χ1v) is 7.09. The molecule has 0 bridgehead atoms. The Balaban J connectivity index is 3.02. The summed E-state index contributed by atoms with van der Waals surface area (Å²) in [6, 6.07) is 6.82. The van der Waals surface area contributed by atoms with Crippen molar-refractivity contribution in [3.8, 4) is 0 Å². The molecular weight excluding hydrogens is 278 g/mol. The normalized spacial score (nSPS) is 13.8. The lowest BCUT2D eigenvalue weighted by Gasteiger charge is -2.10. The van der Waals surface area contributed by atoms with Crippen molar-refractivity contribution in [1.29, 1.82) is 0 Å². The van der Waals surface area contributed by atoms with Gasteiger partial charge in [-0.25, -0.2) is 8.42 Å². The number of hydrogen-bond acceptors (Lipinski definition) is 3. The molecule has 1 unspecified atom stereocenters. The van der Waals surface area contributed by atoms with Crippen LogP contribution in [-0.2, 0) is 9.84 Å². The first kappa shape index (κ1) is 12.7. The maximum atomic E-state index is 11.9. The van der Waals surface area contributed by atoms with Crippen LogP contribution in [0.25, 0.3) is 0 Å². The molecule has 0 heterocycles. The van der Waals surface area contributed by atoms with E-state index in [9.17, 15) is 8.42 Å². The fourth-order valence-electron chi connectivity index (χ4n) is 1.23. The van der Waals surface area contributed by atoms with E-state index in [1.807, 2.05) is 6.92 Å². The van der Waals surface area contributed by atoms with Crippen LogP contribution < -0.4 is 5.73 Å². The van der Waals surface area contributed by atoms with Gasteiger partial charge in [-0.15, -0.1) is 0 Å². The molecule has 15 heavy (non-hydrogen) atoms. The third-order valence-electron chi connectivity index (χ3n) is 2.08. The van der Waals surface area contributed by atoms with E-state index in [1.165, 1.54) is 0 Å². The summed E-state index contributed by atoms with van der Waals surface area (Å²) >= 11 is 3.23. The summed E-state index contributed by atoms with van der Waals surface area (Å²) in [5.41, 5.74) is 5.42. The second-order valence-corrected chi connectivity index (χ2v) is 6.41. The maximum Gasteiger partial charge on any atom is 0.179 e. The highest BCUT2D eigenvalue weighted by molar-refractivity contribution is 9.10. The summed E-state index contributed by atoms with van der Waals surface area (Å²) < 4.78 is 24.5. The number of sulfone groups is 1. The first-order chi connectivity index (χ1) is 6.97. The lowest BCUT2D eigenvalue weighted by atomic mass is 10.2. The summed E-state index contributed by atoms with van der Waals surface area (Å²) in [5.74, 6) is 0.0636. The van der Waals surface area contributed by atoms with Crippen LogP contribution in [-0.4, -0.2) is 20.7 Å². The average Bonchev–Trinajstić information content (AvgIpc) is 2.17. The highest BCUT2D eigenvalue weighted by Gasteiger charge is 2.19. The SMILES string of the molecule is CC(CN)CS(=O)(=O)c1ccccc1Br. The quantitative estimate of drug-likeness (QED) is 0.920. The molecule has 0 aliphatic rings. The smallest absolute Gasteiger partial charge is 0.179 e. The Hall–Kier alpha value is -0.390. The summed E-state index contributed by atoms with van der Waals surface area (Å²) in [6.45, 7) is 2.21. The third kappa shape index (κ3) is 3.29. The number of rotatable bonds is 4. The topological polar surface area (TPSA) is 60.2 Å². The van der Waals surface area contributed by atoms with Crippen LogP contribution in [0, 0.1) is 5.92 Å². The molecule has 3 nitrogen and oxygen atoms in total. The van der Waals surface area contributed by atoms with Gasteiger partial charge in [0.05, 0.1) is 10.6 Å². The van der Waals surface area contributed by atoms with Crippen molar-refractivity contribution in [3.63, 3.8) is 0 Å². The number of hydrogen-bond donors (Lipinski definition) is 1. The van der Waals surface area contributed by atoms with Crippen molar-refractivity contribution in [2.24, 2.45) is 11.7 Å². The van der Waals surface area contributed by atoms with Gasteiger partial charge in [-0.2, -0.15) is 0 Å². The third-order valence-corrected chi connectivity index (χ3v) is 5.07. The Morgan fingerprint density at radius 1 is 1.40 bits per heavy atom. The van der Waals surface area contributed by atoms with Gasteiger partial charge in [0, 0.05) is 4.47 Å². The van der Waals surface area contributed by atoms with Gasteiger partial charge >= 0.3 is 0 Å². The molecule has 0 amide bonds. The summed E-state index contributed by atoms with van der Waals surface area (Å²) in [4.78, 5) is 0.338. The Kier molecular flexibility index (Phi) is 4.31. The Morgan fingerprint density at radius 3 is 2.53 bits per heavy atom. The van der Waals surface area contributed by atoms with Crippen LogP contribution in [0.15, 0.2) is 33.6 Å². The predicted octanol–water partition coefficient (Wildman–Crippen LogP) is 1.82. The fourth-order valence-corrected chi connectivity index (χ4v) is 3.97. The van der Waals surface area contributed by atoms with Gasteiger partial charge in [-0.3, -0.25) is 0 Å². The molecule has 0 radical (unpaired) electrons. The second kappa shape index (κ2) is 5.09. The van der Waals surface area contributed by atoms with E-state index >= 15 is 0 Å². The van der Waals surface area contributed by atoms with E-state index in [0.717, 1.165) is 0 Å². The molecular formula is C10H14BrNO2S. The van der Waals surface area contributed by atoms with Gasteiger partial charge in [0.1, 0.15) is 0 Å². The Bertz CT molecular complexity index is 431. The van der Waals surface area contributed by atoms with E-state index in [1.54, 1.807) is 24.3 Å². The molecule has 0 spiro atoms. The van der Waals surface area contributed by atoms with Gasteiger partial charge < -0.3 is 5.73 Å². The van der Waals surface area contributed by atoms with Crippen molar-refractivity contribution in [2.75, 3.05) is 12.3 Å². The molecule has 5 heteroatoms. The van der Waals surface area contributed by atoms with Crippen molar-refractivity contribution in [1.82, 2.24) is 0 Å². The summed E-state index contributed by atoms with van der Waals surface area (Å²) in [5, 5.41) is 0. The monoisotopic (exact) mass is 291 g/mol. The second-order valence-electron chi connectivity index (χ2n) is 3.55. The molecule has 84 valence electrons. The summed E-state index contributed by atoms with van der Waals surface area (Å²) in [7, 11) is -3.23. The largest absolute Gasteiger partial charge is 0.330 e. The average molecular weight is 292 g/mol. The molecule has 1 aromatic rings. The van der Waals surface area contributed by atoms with Crippen LogP contribution in [0.1, 0.15) is 6.92 Å². The number of halogens is 1. The van der Waals surface area contributed by atoms with Crippen LogP contribution in [0.5, 0.6) is 0 Å². The van der Waals surface area contributed by atoms with Crippen molar-refractivity contribution < 1.29 is 8.42 Å². The minimum atomic E-state index is -3.23. The number of benzene rings is 1. The zero-order valence-electron chi connectivity index (χ0n) is 8.48. The highest BCUT2D eigenvalue weighted by atomic mass is 79.9. The van der Waals surface area contributed by atoms with E-state index in [4.69, 9.17) is 5.73 Å². The van der Waals surface area contributed by atoms with Crippen LogP contribution in [0.2, 0.25) is 0 Å². The minimum Gasteiger partial charge on any atom is -0.330 e. The van der Waals surface area contributed by atoms with Crippen molar-refractivity contribution in [2.45, 2.75) is 11.8 Å². The number of nitrogens with two attached hydrogens (primary N) is 1. The van der Waals surface area contributed by atoms with E-state index in [0.29, 0.717) is 15.9 Å². The zero-order chi connectivity index (χ0) is 11.5. The minimum absolute atomic E-state index is 0.0258. The molecule has 0 aromatic heterocycles. The van der Waals surface area contributed by atoms with E-state index in [2.05, 4.69) is 15.9 Å². The standard InChI is InChI=1S/C10H14BrNO2S/c1-8(6-12)7-15(13,14)10-5-3-2-4-9(10)11/h2-5,8H,6-7,12H2,1H3. The van der Waals surface area contributed by atoms with Gasteiger partial charge in [0.15, 0.2) is 9.84 Å². The van der Waals surface area contributed by atoms with Crippen LogP contribution >= 0.6 is 15.9 Å². The van der Waals surface area contributed by atoms with Crippen molar-refractivity contribution >= 4 is 25.8 Å². The zero-order valence-corrected chi connectivity index (χ0v) is 10.9. The molecule has 0 aliphatic heterocycles. The maximum absolute atomic E-state index is 11.9. The van der Waals surface area contributed by atoms with Crippen LogP contribution in [0.3, 0.4) is 0 Å². The van der Waals surface area contributed by atoms with E-state index < -0.39 is 9.84 Å². The van der Waals surface area contributed by atoms with Gasteiger partial charge in [-0.05, 0) is 40.5 Å². The Morgan fingerprint density at radius 2 is 2.00 bits per heavy atom. The molecule has 0 saturated heterocycles. The molecule has 0 aliphatic carbocycles. The lowest BCUT2D eigenvalue weighted by molar-refractivity contribution is 0.573. The van der Waals surface area contributed by atoms with Gasteiger partial charge in [-0.1, -0.05) is 19.1 Å². The molecule has 0 fully saturated rings. The van der Waals surface area contributed by atoms with Gasteiger partial charge in [0.2, 0.25) is 0 Å². The molecule has 1 atom stereocenters. The molecule has 1 rings (SSSR count). The molecule has 1 aromatic carbocycles. The highest BCUT2D eigenvalue weighted by Crippen LogP contribution is 2.23. The van der Waals surface area contributed by atoms with Crippen molar-refractivity contribution in [3.05, 3.63) is 28.7 Å². The van der Waals surface area contributed by atoms with E-state index in [-0.39, 0.29) is 11.7 Å². The van der Waals surface area contributed by atoms with Gasteiger partial charge in [0.25, 0.3) is 0 Å². The predicted molar refractivity (Wildman–Crippen MR) is 64.4 cm³/mol.